The molecule has 0 unspecified atom stereocenters. The Morgan fingerprint density at radius 3 is 2.62 bits per heavy atom. The Hall–Kier alpha value is -2.48. The Morgan fingerprint density at radius 1 is 1.00 bits per heavy atom. The molecular formula is C19H17NO. The molecule has 0 radical (unpaired) electrons. The van der Waals surface area contributed by atoms with Crippen molar-refractivity contribution < 1.29 is 4.79 Å². The second-order valence-electron chi connectivity index (χ2n) is 5.27. The van der Waals surface area contributed by atoms with Gasteiger partial charge in [-0.25, -0.2) is 0 Å². The summed E-state index contributed by atoms with van der Waals surface area (Å²) in [5, 5.41) is 1.02. The average Bonchev–Trinajstić information content (AvgIpc) is 2.53. The molecule has 104 valence electrons. The third kappa shape index (κ3) is 3.16. The quantitative estimate of drug-likeness (QED) is 0.662. The lowest BCUT2D eigenvalue weighted by Crippen LogP contribution is -2.01. The Morgan fingerprint density at radius 2 is 1.81 bits per heavy atom. The third-order valence-electron chi connectivity index (χ3n) is 3.63. The second kappa shape index (κ2) is 5.88. The lowest BCUT2D eigenvalue weighted by Gasteiger charge is -2.04. The molecule has 3 rings (SSSR count). The average molecular weight is 275 g/mol. The molecule has 2 heteroatoms. The number of hydrogen-bond acceptors (Lipinski definition) is 2. The molecule has 1 heterocycles. The van der Waals surface area contributed by atoms with Gasteiger partial charge in [0.2, 0.25) is 0 Å². The van der Waals surface area contributed by atoms with Gasteiger partial charge in [-0.1, -0.05) is 36.4 Å². The van der Waals surface area contributed by atoms with E-state index in [1.807, 2.05) is 55.5 Å². The van der Waals surface area contributed by atoms with Gasteiger partial charge in [-0.3, -0.25) is 9.78 Å². The first kappa shape index (κ1) is 13.5. The maximum atomic E-state index is 12.3. The Kier molecular flexibility index (Phi) is 3.78. The zero-order valence-electron chi connectivity index (χ0n) is 12.0. The van der Waals surface area contributed by atoms with Crippen LogP contribution < -0.4 is 0 Å². The molecular weight excluding hydrogens is 258 g/mol. The number of nitrogens with zero attached hydrogens (tertiary/aromatic N) is 1. The van der Waals surface area contributed by atoms with Crippen LogP contribution in [-0.4, -0.2) is 10.8 Å². The SMILES string of the molecule is Cc1ccc2cc(C(=O)CCc3ccccc3)ccc2n1. The number of aromatic nitrogens is 1. The first-order valence-corrected chi connectivity index (χ1v) is 7.17. The summed E-state index contributed by atoms with van der Waals surface area (Å²) in [4.78, 5) is 16.8. The number of fused-ring (bicyclic) bond motifs is 1. The van der Waals surface area contributed by atoms with Gasteiger partial charge in [0, 0.05) is 23.1 Å². The van der Waals surface area contributed by atoms with E-state index in [4.69, 9.17) is 0 Å². The third-order valence-corrected chi connectivity index (χ3v) is 3.63. The van der Waals surface area contributed by atoms with Crippen molar-refractivity contribution in [3.8, 4) is 0 Å². The fraction of sp³-hybridized carbons (Fsp3) is 0.158. The fourth-order valence-corrected chi connectivity index (χ4v) is 2.45. The lowest BCUT2D eigenvalue weighted by atomic mass is 10.0. The number of carbonyl (C=O) groups excluding carboxylic acids is 1. The molecule has 0 saturated heterocycles. The number of Topliss-reactive ketones (excluding diaryl/α,β-unsaturated/α-hetero) is 1. The molecule has 21 heavy (non-hydrogen) atoms. The molecule has 3 aromatic rings. The normalized spacial score (nSPS) is 10.7. The molecule has 0 N–H and O–H groups in total. The van der Waals surface area contributed by atoms with Crippen molar-refractivity contribution in [1.29, 1.82) is 0 Å². The minimum absolute atomic E-state index is 0.182. The predicted octanol–water partition coefficient (Wildman–Crippen LogP) is 4.36. The van der Waals surface area contributed by atoms with Gasteiger partial charge in [-0.15, -0.1) is 0 Å². The number of rotatable bonds is 4. The first-order valence-electron chi connectivity index (χ1n) is 7.17. The topological polar surface area (TPSA) is 30.0 Å². The van der Waals surface area contributed by atoms with Crippen molar-refractivity contribution in [2.75, 3.05) is 0 Å². The molecule has 0 atom stereocenters. The summed E-state index contributed by atoms with van der Waals surface area (Å²) >= 11 is 0. The van der Waals surface area contributed by atoms with Gasteiger partial charge in [-0.2, -0.15) is 0 Å². The first-order chi connectivity index (χ1) is 10.2. The summed E-state index contributed by atoms with van der Waals surface area (Å²) < 4.78 is 0. The minimum Gasteiger partial charge on any atom is -0.294 e. The predicted molar refractivity (Wildman–Crippen MR) is 85.6 cm³/mol. The molecule has 1 aromatic heterocycles. The van der Waals surface area contributed by atoms with Crippen molar-refractivity contribution >= 4 is 16.7 Å². The van der Waals surface area contributed by atoms with Crippen molar-refractivity contribution in [1.82, 2.24) is 4.98 Å². The monoisotopic (exact) mass is 275 g/mol. The highest BCUT2D eigenvalue weighted by molar-refractivity contribution is 5.99. The summed E-state index contributed by atoms with van der Waals surface area (Å²) in [6.45, 7) is 1.97. The van der Waals surface area contributed by atoms with Crippen LogP contribution in [0.2, 0.25) is 0 Å². The number of benzene rings is 2. The summed E-state index contributed by atoms with van der Waals surface area (Å²) in [6.07, 6.45) is 1.32. The number of ketones is 1. The molecule has 0 aliphatic heterocycles. The largest absolute Gasteiger partial charge is 0.294 e. The highest BCUT2D eigenvalue weighted by Crippen LogP contribution is 2.16. The van der Waals surface area contributed by atoms with Gasteiger partial charge in [0.15, 0.2) is 5.78 Å². The van der Waals surface area contributed by atoms with Crippen molar-refractivity contribution in [3.05, 3.63) is 77.5 Å². The van der Waals surface area contributed by atoms with Crippen LogP contribution in [0.5, 0.6) is 0 Å². The van der Waals surface area contributed by atoms with Crippen molar-refractivity contribution in [2.45, 2.75) is 19.8 Å². The van der Waals surface area contributed by atoms with E-state index in [1.165, 1.54) is 5.56 Å². The maximum absolute atomic E-state index is 12.3. The summed E-state index contributed by atoms with van der Waals surface area (Å²) in [5.74, 6) is 0.182. The maximum Gasteiger partial charge on any atom is 0.163 e. The molecule has 2 aromatic carbocycles. The van der Waals surface area contributed by atoms with Crippen molar-refractivity contribution in [2.24, 2.45) is 0 Å². The Bertz CT molecular complexity index is 778. The van der Waals surface area contributed by atoms with E-state index >= 15 is 0 Å². The molecule has 0 aliphatic rings. The Labute approximate surface area is 124 Å². The van der Waals surface area contributed by atoms with Crippen LogP contribution in [0.15, 0.2) is 60.7 Å². The molecule has 0 saturated carbocycles. The zero-order valence-corrected chi connectivity index (χ0v) is 12.0. The van der Waals surface area contributed by atoms with E-state index in [9.17, 15) is 4.79 Å². The highest BCUT2D eigenvalue weighted by atomic mass is 16.1. The van der Waals surface area contributed by atoms with Gasteiger partial charge < -0.3 is 0 Å². The van der Waals surface area contributed by atoms with E-state index in [2.05, 4.69) is 17.1 Å². The van der Waals surface area contributed by atoms with Crippen molar-refractivity contribution in [3.63, 3.8) is 0 Å². The molecule has 0 amide bonds. The van der Waals surface area contributed by atoms with Crippen LogP contribution in [-0.2, 0) is 6.42 Å². The van der Waals surface area contributed by atoms with Crippen LogP contribution in [0.25, 0.3) is 10.9 Å². The summed E-state index contributed by atoms with van der Waals surface area (Å²) in [7, 11) is 0. The van der Waals surface area contributed by atoms with E-state index in [1.54, 1.807) is 0 Å². The number of aryl methyl sites for hydroxylation is 2. The number of pyridine rings is 1. The number of hydrogen-bond donors (Lipinski definition) is 0. The Balaban J connectivity index is 1.77. The minimum atomic E-state index is 0.182. The molecule has 0 spiro atoms. The molecule has 0 aliphatic carbocycles. The number of carbonyl (C=O) groups is 1. The van der Waals surface area contributed by atoms with Gasteiger partial charge in [0.1, 0.15) is 0 Å². The van der Waals surface area contributed by atoms with E-state index in [0.29, 0.717) is 6.42 Å². The zero-order chi connectivity index (χ0) is 14.7. The van der Waals surface area contributed by atoms with Gasteiger partial charge in [0.05, 0.1) is 5.52 Å². The fourth-order valence-electron chi connectivity index (χ4n) is 2.45. The molecule has 0 bridgehead atoms. The van der Waals surface area contributed by atoms with E-state index in [0.717, 1.165) is 28.6 Å². The van der Waals surface area contributed by atoms with Crippen LogP contribution >= 0.6 is 0 Å². The van der Waals surface area contributed by atoms with Crippen LogP contribution in [0.3, 0.4) is 0 Å². The summed E-state index contributed by atoms with van der Waals surface area (Å²) in [6, 6.07) is 19.8. The van der Waals surface area contributed by atoms with E-state index in [-0.39, 0.29) is 5.78 Å². The van der Waals surface area contributed by atoms with Gasteiger partial charge in [0.25, 0.3) is 0 Å². The van der Waals surface area contributed by atoms with Crippen LogP contribution in [0.1, 0.15) is 28.0 Å². The van der Waals surface area contributed by atoms with Gasteiger partial charge in [-0.05, 0) is 43.2 Å². The standard InChI is InChI=1S/C19H17NO/c1-14-7-9-16-13-17(10-11-18(16)20-14)19(21)12-8-15-5-3-2-4-6-15/h2-7,9-11,13H,8,12H2,1H3. The highest BCUT2D eigenvalue weighted by Gasteiger charge is 2.07. The molecule has 2 nitrogen and oxygen atoms in total. The summed E-state index contributed by atoms with van der Waals surface area (Å²) in [5.41, 5.74) is 3.90. The van der Waals surface area contributed by atoms with Gasteiger partial charge >= 0.3 is 0 Å². The molecule has 0 fully saturated rings. The van der Waals surface area contributed by atoms with Crippen LogP contribution in [0.4, 0.5) is 0 Å². The van der Waals surface area contributed by atoms with E-state index < -0.39 is 0 Å². The smallest absolute Gasteiger partial charge is 0.163 e. The van der Waals surface area contributed by atoms with Crippen LogP contribution in [0, 0.1) is 6.92 Å². The lowest BCUT2D eigenvalue weighted by molar-refractivity contribution is 0.0983. The second-order valence-corrected chi connectivity index (χ2v) is 5.27.